The van der Waals surface area contributed by atoms with Crippen LogP contribution in [0, 0.1) is 24.6 Å². The standard InChI is InChI=1S/C21H26FN3O/c1-6-25-20(21(26)24-5)16-9-8-15(11-13(3)14(16)4)18-12(2)7-10-17(23)19(18)22/h6-11,13-14H,23H2,1-5H3,(H,24,26)/b20-16-,25-6?. The Balaban J connectivity index is 2.65. The molecule has 4 nitrogen and oxygen atoms in total. The molecule has 1 amide bonds. The number of aliphatic imine (C=N–C) groups is 1. The Morgan fingerprint density at radius 3 is 2.62 bits per heavy atom. The minimum absolute atomic E-state index is 0.0455. The maximum Gasteiger partial charge on any atom is 0.269 e. The number of nitrogens with zero attached hydrogens (tertiary/aromatic N) is 1. The van der Waals surface area contributed by atoms with E-state index in [0.29, 0.717) is 11.3 Å². The van der Waals surface area contributed by atoms with Crippen molar-refractivity contribution in [2.24, 2.45) is 16.8 Å². The van der Waals surface area contributed by atoms with Gasteiger partial charge >= 0.3 is 0 Å². The van der Waals surface area contributed by atoms with E-state index < -0.39 is 5.82 Å². The van der Waals surface area contributed by atoms with Crippen LogP contribution in [0.3, 0.4) is 0 Å². The van der Waals surface area contributed by atoms with Crippen LogP contribution in [0.1, 0.15) is 31.9 Å². The SMILES string of the molecule is CC=N/C(C(=O)NC)=C1/C=CC(c2c(C)ccc(N)c2F)=CC(C)C1C. The van der Waals surface area contributed by atoms with Crippen LogP contribution in [-0.4, -0.2) is 19.2 Å². The van der Waals surface area contributed by atoms with Crippen LogP contribution in [0.2, 0.25) is 0 Å². The molecular weight excluding hydrogens is 329 g/mol. The molecular formula is C21H26FN3O. The van der Waals surface area contributed by atoms with Crippen LogP contribution >= 0.6 is 0 Å². The number of carbonyl (C=O) groups excluding carboxylic acids is 1. The molecule has 0 fully saturated rings. The Bertz CT molecular complexity index is 834. The number of likely N-dealkylation sites (N-methyl/N-ethyl adjacent to an activating group) is 1. The van der Waals surface area contributed by atoms with Crippen molar-refractivity contribution in [3.05, 3.63) is 58.6 Å². The molecule has 0 saturated heterocycles. The summed E-state index contributed by atoms with van der Waals surface area (Å²) in [6.45, 7) is 7.72. The number of carbonyl (C=O) groups is 1. The summed E-state index contributed by atoms with van der Waals surface area (Å²) >= 11 is 0. The van der Waals surface area contributed by atoms with Gasteiger partial charge in [-0.15, -0.1) is 0 Å². The Morgan fingerprint density at radius 2 is 2.00 bits per heavy atom. The number of nitrogens with two attached hydrogens (primary N) is 1. The van der Waals surface area contributed by atoms with E-state index in [0.717, 1.165) is 16.7 Å². The molecule has 1 aliphatic carbocycles. The molecule has 2 rings (SSSR count). The van der Waals surface area contributed by atoms with Crippen LogP contribution in [0.15, 0.2) is 46.6 Å². The van der Waals surface area contributed by atoms with Crippen LogP contribution in [0.5, 0.6) is 0 Å². The molecule has 0 spiro atoms. The van der Waals surface area contributed by atoms with Gasteiger partial charge in [0.1, 0.15) is 5.70 Å². The predicted octanol–water partition coefficient (Wildman–Crippen LogP) is 4.03. The van der Waals surface area contributed by atoms with Crippen LogP contribution < -0.4 is 11.1 Å². The lowest BCUT2D eigenvalue weighted by Crippen LogP contribution is -2.22. The minimum atomic E-state index is -0.411. The second-order valence-electron chi connectivity index (χ2n) is 6.53. The van der Waals surface area contributed by atoms with Crippen molar-refractivity contribution in [1.82, 2.24) is 5.32 Å². The number of benzene rings is 1. The summed E-state index contributed by atoms with van der Waals surface area (Å²) in [6, 6.07) is 3.39. The maximum atomic E-state index is 14.7. The molecule has 1 aromatic carbocycles. The highest BCUT2D eigenvalue weighted by Crippen LogP contribution is 2.35. The average Bonchev–Trinajstić information content (AvgIpc) is 2.75. The molecule has 0 bridgehead atoms. The second kappa shape index (κ2) is 8.13. The molecule has 0 saturated carbocycles. The first-order valence-electron chi connectivity index (χ1n) is 8.71. The fourth-order valence-electron chi connectivity index (χ4n) is 3.11. The Morgan fingerprint density at radius 1 is 1.31 bits per heavy atom. The zero-order valence-electron chi connectivity index (χ0n) is 15.9. The fraction of sp³-hybridized carbons (Fsp3) is 0.333. The third kappa shape index (κ3) is 3.77. The Hall–Kier alpha value is -2.69. The first-order chi connectivity index (χ1) is 12.3. The van der Waals surface area contributed by atoms with Gasteiger partial charge in [0.2, 0.25) is 0 Å². The zero-order valence-corrected chi connectivity index (χ0v) is 15.9. The molecule has 138 valence electrons. The molecule has 3 N–H and O–H groups in total. The predicted molar refractivity (Wildman–Crippen MR) is 106 cm³/mol. The van der Waals surface area contributed by atoms with E-state index in [1.807, 2.05) is 45.1 Å². The first-order valence-corrected chi connectivity index (χ1v) is 8.71. The van der Waals surface area contributed by atoms with Crippen molar-refractivity contribution in [2.75, 3.05) is 12.8 Å². The summed E-state index contributed by atoms with van der Waals surface area (Å²) < 4.78 is 14.7. The van der Waals surface area contributed by atoms with Crippen molar-refractivity contribution in [3.8, 4) is 0 Å². The van der Waals surface area contributed by atoms with E-state index in [2.05, 4.69) is 10.3 Å². The number of halogens is 1. The van der Waals surface area contributed by atoms with E-state index in [1.165, 1.54) is 0 Å². The zero-order chi connectivity index (χ0) is 19.4. The highest BCUT2D eigenvalue weighted by Gasteiger charge is 2.24. The molecule has 0 aliphatic heterocycles. The van der Waals surface area contributed by atoms with Crippen molar-refractivity contribution >= 4 is 23.4 Å². The van der Waals surface area contributed by atoms with Gasteiger partial charge in [0, 0.05) is 18.8 Å². The summed E-state index contributed by atoms with van der Waals surface area (Å²) in [7, 11) is 1.58. The third-order valence-corrected chi connectivity index (χ3v) is 4.81. The van der Waals surface area contributed by atoms with E-state index in [9.17, 15) is 9.18 Å². The smallest absolute Gasteiger partial charge is 0.269 e. The highest BCUT2D eigenvalue weighted by atomic mass is 19.1. The minimum Gasteiger partial charge on any atom is -0.396 e. The van der Waals surface area contributed by atoms with Gasteiger partial charge in [-0.1, -0.05) is 38.1 Å². The Kier molecular flexibility index (Phi) is 6.14. The molecule has 0 heterocycles. The van der Waals surface area contributed by atoms with Gasteiger partial charge in [-0.25, -0.2) is 4.39 Å². The monoisotopic (exact) mass is 355 g/mol. The summed E-state index contributed by atoms with van der Waals surface area (Å²) in [5, 5.41) is 2.63. The lowest BCUT2D eigenvalue weighted by atomic mass is 9.87. The van der Waals surface area contributed by atoms with Gasteiger partial charge in [-0.05, 0) is 48.5 Å². The molecule has 1 aromatic rings. The van der Waals surface area contributed by atoms with Crippen LogP contribution in [-0.2, 0) is 4.79 Å². The molecule has 5 heteroatoms. The van der Waals surface area contributed by atoms with E-state index in [1.54, 1.807) is 26.3 Å². The number of amides is 1. The number of allylic oxidation sites excluding steroid dienone is 5. The van der Waals surface area contributed by atoms with Gasteiger partial charge in [-0.3, -0.25) is 9.79 Å². The second-order valence-corrected chi connectivity index (χ2v) is 6.53. The number of rotatable bonds is 3. The number of hydrogen-bond donors (Lipinski definition) is 2. The van der Waals surface area contributed by atoms with Crippen LogP contribution in [0.25, 0.3) is 5.57 Å². The lowest BCUT2D eigenvalue weighted by molar-refractivity contribution is -0.117. The van der Waals surface area contributed by atoms with Crippen molar-refractivity contribution in [3.63, 3.8) is 0 Å². The number of anilines is 1. The molecule has 2 unspecified atom stereocenters. The topological polar surface area (TPSA) is 67.5 Å². The number of nitrogen functional groups attached to an aromatic ring is 1. The maximum absolute atomic E-state index is 14.7. The molecule has 26 heavy (non-hydrogen) atoms. The highest BCUT2D eigenvalue weighted by molar-refractivity contribution is 5.95. The molecule has 0 aromatic heterocycles. The van der Waals surface area contributed by atoms with Crippen LogP contribution in [0.4, 0.5) is 10.1 Å². The summed E-state index contributed by atoms with van der Waals surface area (Å²) in [6.07, 6.45) is 7.33. The molecule has 1 aliphatic rings. The third-order valence-electron chi connectivity index (χ3n) is 4.81. The normalized spacial score (nSPS) is 22.2. The van der Waals surface area contributed by atoms with E-state index in [-0.39, 0.29) is 23.4 Å². The summed E-state index contributed by atoms with van der Waals surface area (Å²) in [5.74, 6) is -0.519. The van der Waals surface area contributed by atoms with Gasteiger partial charge in [0.25, 0.3) is 5.91 Å². The fourth-order valence-corrected chi connectivity index (χ4v) is 3.11. The van der Waals surface area contributed by atoms with Gasteiger partial charge in [0.05, 0.1) is 5.69 Å². The summed E-state index contributed by atoms with van der Waals surface area (Å²) in [4.78, 5) is 16.5. The molecule has 2 atom stereocenters. The largest absolute Gasteiger partial charge is 0.396 e. The van der Waals surface area contributed by atoms with Gasteiger partial charge in [0.15, 0.2) is 5.82 Å². The summed E-state index contributed by atoms with van der Waals surface area (Å²) in [5.41, 5.74) is 9.17. The lowest BCUT2D eigenvalue weighted by Gasteiger charge is -2.19. The van der Waals surface area contributed by atoms with Gasteiger partial charge in [-0.2, -0.15) is 0 Å². The number of aryl methyl sites for hydroxylation is 1. The first kappa shape index (κ1) is 19.6. The average molecular weight is 355 g/mol. The van der Waals surface area contributed by atoms with Crippen molar-refractivity contribution < 1.29 is 9.18 Å². The Labute approximate surface area is 154 Å². The van der Waals surface area contributed by atoms with E-state index in [4.69, 9.17) is 5.73 Å². The van der Waals surface area contributed by atoms with E-state index >= 15 is 0 Å². The van der Waals surface area contributed by atoms with Crippen molar-refractivity contribution in [2.45, 2.75) is 27.7 Å². The quantitative estimate of drug-likeness (QED) is 0.488. The van der Waals surface area contributed by atoms with Gasteiger partial charge < -0.3 is 11.1 Å². The van der Waals surface area contributed by atoms with Crippen molar-refractivity contribution in [1.29, 1.82) is 0 Å². The molecule has 0 radical (unpaired) electrons. The number of hydrogen-bond acceptors (Lipinski definition) is 3. The number of nitrogens with one attached hydrogen (secondary N) is 1.